The quantitative estimate of drug-likeness (QED) is 0.764. The number of benzene rings is 1. The van der Waals surface area contributed by atoms with Gasteiger partial charge in [0, 0.05) is 5.39 Å². The van der Waals surface area contributed by atoms with Gasteiger partial charge in [-0.05, 0) is 30.8 Å². The van der Waals surface area contributed by atoms with Crippen molar-refractivity contribution in [2.45, 2.75) is 13.5 Å². The second kappa shape index (κ2) is 5.11. The number of fused-ring (bicyclic) bond motifs is 1. The predicted molar refractivity (Wildman–Crippen MR) is 76.3 cm³/mol. The third kappa shape index (κ3) is 2.39. The normalized spacial score (nSPS) is 11.3. The Hall–Kier alpha value is -1.71. The summed E-state index contributed by atoms with van der Waals surface area (Å²) in [7, 11) is 0. The Balaban J connectivity index is 1.95. The fraction of sp³-hybridized carbons (Fsp3) is 0.200. The van der Waals surface area contributed by atoms with Gasteiger partial charge >= 0.3 is 0 Å². The summed E-state index contributed by atoms with van der Waals surface area (Å²) in [6.07, 6.45) is 0. The van der Waals surface area contributed by atoms with Crippen LogP contribution in [0, 0.1) is 0 Å². The number of rotatable bonds is 4. The van der Waals surface area contributed by atoms with E-state index in [2.05, 4.69) is 12.2 Å². The first kappa shape index (κ1) is 12.3. The van der Waals surface area contributed by atoms with Crippen molar-refractivity contribution in [2.24, 2.45) is 0 Å². The molecule has 0 atom stereocenters. The van der Waals surface area contributed by atoms with Gasteiger partial charge in [0.25, 0.3) is 0 Å². The molecule has 3 nitrogen and oxygen atoms in total. The molecule has 0 aliphatic carbocycles. The molecule has 3 aromatic rings. The Kier molecular flexibility index (Phi) is 3.32. The fourth-order valence-corrected chi connectivity index (χ4v) is 2.22. The topological polar surface area (TPSA) is 38.3 Å². The molecule has 4 heteroatoms. The average Bonchev–Trinajstić information content (AvgIpc) is 3.03. The molecule has 0 spiro atoms. The van der Waals surface area contributed by atoms with Crippen LogP contribution in [0.5, 0.6) is 0 Å². The van der Waals surface area contributed by atoms with Crippen LogP contribution in [0.2, 0.25) is 5.02 Å². The summed E-state index contributed by atoms with van der Waals surface area (Å²) in [5.74, 6) is 2.31. The Morgan fingerprint density at radius 2 is 2.00 bits per heavy atom. The Labute approximate surface area is 116 Å². The Morgan fingerprint density at radius 3 is 2.79 bits per heavy atom. The molecule has 0 fully saturated rings. The molecular formula is C15H14ClNO2. The zero-order valence-corrected chi connectivity index (χ0v) is 11.3. The Morgan fingerprint density at radius 1 is 1.11 bits per heavy atom. The summed E-state index contributed by atoms with van der Waals surface area (Å²) in [5, 5.41) is 4.81. The Bertz CT molecular complexity index is 699. The zero-order valence-electron chi connectivity index (χ0n) is 10.6. The van der Waals surface area contributed by atoms with E-state index in [1.165, 1.54) is 0 Å². The highest BCUT2D eigenvalue weighted by atomic mass is 35.5. The second-order valence-electron chi connectivity index (χ2n) is 4.32. The smallest absolute Gasteiger partial charge is 0.170 e. The van der Waals surface area contributed by atoms with Gasteiger partial charge in [-0.3, -0.25) is 0 Å². The molecule has 0 unspecified atom stereocenters. The summed E-state index contributed by atoms with van der Waals surface area (Å²) in [5.41, 5.74) is 0.698. The van der Waals surface area contributed by atoms with E-state index in [0.717, 1.165) is 30.0 Å². The maximum Gasteiger partial charge on any atom is 0.170 e. The van der Waals surface area contributed by atoms with Crippen LogP contribution in [0.1, 0.15) is 12.7 Å². The van der Waals surface area contributed by atoms with E-state index in [1.807, 2.05) is 36.4 Å². The molecule has 3 rings (SSSR count). The molecule has 0 amide bonds. The minimum Gasteiger partial charge on any atom is -0.456 e. The molecule has 19 heavy (non-hydrogen) atoms. The van der Waals surface area contributed by atoms with Gasteiger partial charge in [0.1, 0.15) is 5.76 Å². The monoisotopic (exact) mass is 275 g/mol. The first-order chi connectivity index (χ1) is 9.28. The van der Waals surface area contributed by atoms with E-state index in [0.29, 0.717) is 16.4 Å². The number of hydrogen-bond donors (Lipinski definition) is 1. The maximum atomic E-state index is 6.10. The predicted octanol–water partition coefficient (Wildman–Crippen LogP) is 4.46. The van der Waals surface area contributed by atoms with Crippen LogP contribution in [-0.2, 0) is 6.54 Å². The summed E-state index contributed by atoms with van der Waals surface area (Å²) < 4.78 is 11.5. The third-order valence-electron chi connectivity index (χ3n) is 2.95. The minimum absolute atomic E-state index is 0.614. The number of nitrogens with one attached hydrogen (secondary N) is 1. The minimum atomic E-state index is 0.614. The summed E-state index contributed by atoms with van der Waals surface area (Å²) in [6.45, 7) is 3.69. The molecule has 0 bridgehead atoms. The van der Waals surface area contributed by atoms with Crippen molar-refractivity contribution in [1.82, 2.24) is 5.32 Å². The van der Waals surface area contributed by atoms with Gasteiger partial charge in [0.2, 0.25) is 0 Å². The first-order valence-electron chi connectivity index (χ1n) is 6.26. The highest BCUT2D eigenvalue weighted by molar-refractivity contribution is 6.34. The van der Waals surface area contributed by atoms with Gasteiger partial charge in [0.15, 0.2) is 17.1 Å². The van der Waals surface area contributed by atoms with E-state index in [1.54, 1.807) is 0 Å². The van der Waals surface area contributed by atoms with Crippen molar-refractivity contribution in [2.75, 3.05) is 6.54 Å². The van der Waals surface area contributed by atoms with E-state index >= 15 is 0 Å². The van der Waals surface area contributed by atoms with Gasteiger partial charge in [-0.15, -0.1) is 0 Å². The maximum absolute atomic E-state index is 6.10. The van der Waals surface area contributed by atoms with E-state index < -0.39 is 0 Å². The fourth-order valence-electron chi connectivity index (χ4n) is 2.00. The van der Waals surface area contributed by atoms with E-state index in [-0.39, 0.29) is 0 Å². The van der Waals surface area contributed by atoms with Crippen LogP contribution < -0.4 is 5.32 Å². The zero-order chi connectivity index (χ0) is 13.2. The second-order valence-corrected chi connectivity index (χ2v) is 4.72. The van der Waals surface area contributed by atoms with Crippen LogP contribution in [-0.4, -0.2) is 6.54 Å². The molecule has 1 aromatic carbocycles. The van der Waals surface area contributed by atoms with Crippen LogP contribution in [0.3, 0.4) is 0 Å². The van der Waals surface area contributed by atoms with Gasteiger partial charge in [-0.2, -0.15) is 0 Å². The van der Waals surface area contributed by atoms with Crippen LogP contribution >= 0.6 is 11.6 Å². The molecule has 2 aromatic heterocycles. The number of furan rings is 2. The molecule has 0 aliphatic rings. The molecule has 0 saturated heterocycles. The summed E-state index contributed by atoms with van der Waals surface area (Å²) in [6, 6.07) is 11.5. The highest BCUT2D eigenvalue weighted by Gasteiger charge is 2.12. The largest absolute Gasteiger partial charge is 0.456 e. The van der Waals surface area contributed by atoms with Gasteiger partial charge in [0.05, 0.1) is 11.6 Å². The SMILES string of the molecule is CCNCc1ccc(-c2cc3cccc(Cl)c3o2)o1. The van der Waals surface area contributed by atoms with Crippen molar-refractivity contribution in [3.8, 4) is 11.5 Å². The summed E-state index contributed by atoms with van der Waals surface area (Å²) in [4.78, 5) is 0. The number of para-hydroxylation sites is 1. The average molecular weight is 276 g/mol. The van der Waals surface area contributed by atoms with Crippen molar-refractivity contribution >= 4 is 22.6 Å². The van der Waals surface area contributed by atoms with Gasteiger partial charge < -0.3 is 14.2 Å². The third-order valence-corrected chi connectivity index (χ3v) is 3.25. The molecule has 0 radical (unpaired) electrons. The highest BCUT2D eigenvalue weighted by Crippen LogP contribution is 2.32. The lowest BCUT2D eigenvalue weighted by atomic mass is 10.2. The molecule has 0 saturated carbocycles. The lowest BCUT2D eigenvalue weighted by Crippen LogP contribution is -2.10. The van der Waals surface area contributed by atoms with Crippen LogP contribution in [0.25, 0.3) is 22.5 Å². The van der Waals surface area contributed by atoms with Crippen molar-refractivity contribution in [1.29, 1.82) is 0 Å². The molecule has 0 aliphatic heterocycles. The standard InChI is InChI=1S/C15H14ClNO2/c1-2-17-9-11-6-7-13(18-11)14-8-10-4-3-5-12(16)15(10)19-14/h3-8,17H,2,9H2,1H3. The van der Waals surface area contributed by atoms with Crippen molar-refractivity contribution in [3.05, 3.63) is 47.2 Å². The molecule has 98 valence electrons. The lowest BCUT2D eigenvalue weighted by Gasteiger charge is -1.96. The lowest BCUT2D eigenvalue weighted by molar-refractivity contribution is 0.482. The molecule has 1 N–H and O–H groups in total. The molecular weight excluding hydrogens is 262 g/mol. The first-order valence-corrected chi connectivity index (χ1v) is 6.63. The molecule has 2 heterocycles. The van der Waals surface area contributed by atoms with Crippen LogP contribution in [0.4, 0.5) is 0 Å². The van der Waals surface area contributed by atoms with Gasteiger partial charge in [-0.1, -0.05) is 30.7 Å². The van der Waals surface area contributed by atoms with Crippen molar-refractivity contribution in [3.63, 3.8) is 0 Å². The number of halogens is 1. The van der Waals surface area contributed by atoms with Gasteiger partial charge in [-0.25, -0.2) is 0 Å². The number of hydrogen-bond acceptors (Lipinski definition) is 3. The van der Waals surface area contributed by atoms with E-state index in [4.69, 9.17) is 20.4 Å². The van der Waals surface area contributed by atoms with E-state index in [9.17, 15) is 0 Å². The summed E-state index contributed by atoms with van der Waals surface area (Å²) >= 11 is 6.10. The van der Waals surface area contributed by atoms with Crippen LogP contribution in [0.15, 0.2) is 45.2 Å². The van der Waals surface area contributed by atoms with Crippen molar-refractivity contribution < 1.29 is 8.83 Å².